The molecule has 0 aromatic heterocycles. The molecule has 18 heavy (non-hydrogen) atoms. The van der Waals surface area contributed by atoms with Crippen molar-refractivity contribution < 1.29 is 18.0 Å². The summed E-state index contributed by atoms with van der Waals surface area (Å²) >= 11 is 0. The predicted octanol–water partition coefficient (Wildman–Crippen LogP) is 2.32. The maximum absolute atomic E-state index is 12.6. The molecule has 1 N–H and O–H groups in total. The second-order valence-corrected chi connectivity index (χ2v) is 4.70. The van der Waals surface area contributed by atoms with Gasteiger partial charge in [0.25, 0.3) is 0 Å². The number of amides is 1. The van der Waals surface area contributed by atoms with Gasteiger partial charge in [-0.15, -0.1) is 0 Å². The van der Waals surface area contributed by atoms with E-state index in [4.69, 9.17) is 0 Å². The Kier molecular flexibility index (Phi) is 5.44. The summed E-state index contributed by atoms with van der Waals surface area (Å²) in [5, 5.41) is 2.97. The largest absolute Gasteiger partial charge is 0.406 e. The van der Waals surface area contributed by atoms with Crippen LogP contribution in [0.2, 0.25) is 0 Å². The van der Waals surface area contributed by atoms with E-state index in [1.54, 1.807) is 0 Å². The summed E-state index contributed by atoms with van der Waals surface area (Å²) < 4.78 is 37.7. The SMILES string of the molecule is CCC(CC)N(CC(F)(F)F)C(=O)C1CCCN1. The first-order valence-corrected chi connectivity index (χ1v) is 6.49. The van der Waals surface area contributed by atoms with Gasteiger partial charge >= 0.3 is 6.18 Å². The fraction of sp³-hybridized carbons (Fsp3) is 0.917. The van der Waals surface area contributed by atoms with Gasteiger partial charge < -0.3 is 10.2 Å². The number of alkyl halides is 3. The van der Waals surface area contributed by atoms with Gasteiger partial charge in [-0.2, -0.15) is 13.2 Å². The quantitative estimate of drug-likeness (QED) is 0.828. The minimum atomic E-state index is -4.34. The van der Waals surface area contributed by atoms with Gasteiger partial charge in [-0.05, 0) is 32.2 Å². The molecule has 0 aromatic rings. The molecule has 1 rings (SSSR count). The van der Waals surface area contributed by atoms with Crippen LogP contribution in [0.15, 0.2) is 0 Å². The number of halogens is 3. The zero-order valence-electron chi connectivity index (χ0n) is 10.9. The van der Waals surface area contributed by atoms with Crippen molar-refractivity contribution in [3.05, 3.63) is 0 Å². The molecule has 0 saturated carbocycles. The Balaban J connectivity index is 2.77. The van der Waals surface area contributed by atoms with Gasteiger partial charge in [0.05, 0.1) is 6.04 Å². The van der Waals surface area contributed by atoms with Crippen LogP contribution in [0.25, 0.3) is 0 Å². The Morgan fingerprint density at radius 1 is 1.39 bits per heavy atom. The first-order chi connectivity index (χ1) is 8.39. The molecule has 0 spiro atoms. The fourth-order valence-electron chi connectivity index (χ4n) is 2.41. The van der Waals surface area contributed by atoms with E-state index in [9.17, 15) is 18.0 Å². The third-order valence-electron chi connectivity index (χ3n) is 3.37. The minimum Gasteiger partial charge on any atom is -0.329 e. The summed E-state index contributed by atoms with van der Waals surface area (Å²) in [5.74, 6) is -0.404. The molecule has 1 saturated heterocycles. The lowest BCUT2D eigenvalue weighted by molar-refractivity contribution is -0.167. The molecule has 1 aliphatic rings. The van der Waals surface area contributed by atoms with E-state index >= 15 is 0 Å². The Labute approximate surface area is 106 Å². The van der Waals surface area contributed by atoms with Crippen LogP contribution in [0.3, 0.4) is 0 Å². The molecule has 0 radical (unpaired) electrons. The lowest BCUT2D eigenvalue weighted by atomic mass is 10.1. The molecule has 1 atom stereocenters. The van der Waals surface area contributed by atoms with Crippen LogP contribution in [0.1, 0.15) is 39.5 Å². The van der Waals surface area contributed by atoms with Crippen molar-refractivity contribution in [2.24, 2.45) is 0 Å². The normalized spacial score (nSPS) is 20.4. The molecule has 1 heterocycles. The second-order valence-electron chi connectivity index (χ2n) is 4.70. The first-order valence-electron chi connectivity index (χ1n) is 6.49. The van der Waals surface area contributed by atoms with E-state index in [0.717, 1.165) is 11.3 Å². The monoisotopic (exact) mass is 266 g/mol. The van der Waals surface area contributed by atoms with Crippen LogP contribution in [0, 0.1) is 0 Å². The zero-order valence-corrected chi connectivity index (χ0v) is 10.9. The predicted molar refractivity (Wildman–Crippen MR) is 63.2 cm³/mol. The van der Waals surface area contributed by atoms with Crippen LogP contribution < -0.4 is 5.32 Å². The number of hydrogen-bond donors (Lipinski definition) is 1. The van der Waals surface area contributed by atoms with Crippen molar-refractivity contribution in [3.63, 3.8) is 0 Å². The van der Waals surface area contributed by atoms with E-state index in [2.05, 4.69) is 5.32 Å². The van der Waals surface area contributed by atoms with Gasteiger partial charge in [-0.3, -0.25) is 4.79 Å². The molecule has 6 heteroatoms. The number of carbonyl (C=O) groups excluding carboxylic acids is 1. The van der Waals surface area contributed by atoms with Crippen LogP contribution >= 0.6 is 0 Å². The summed E-state index contributed by atoms with van der Waals surface area (Å²) in [7, 11) is 0. The summed E-state index contributed by atoms with van der Waals surface area (Å²) in [4.78, 5) is 13.1. The first kappa shape index (κ1) is 15.3. The van der Waals surface area contributed by atoms with Gasteiger partial charge in [0.1, 0.15) is 6.54 Å². The molecule has 3 nitrogen and oxygen atoms in total. The highest BCUT2D eigenvalue weighted by Gasteiger charge is 2.38. The average Bonchev–Trinajstić information content (AvgIpc) is 2.80. The number of nitrogens with zero attached hydrogens (tertiary/aromatic N) is 1. The molecule has 0 aromatic carbocycles. The zero-order chi connectivity index (χ0) is 13.8. The molecule has 1 amide bonds. The summed E-state index contributed by atoms with van der Waals surface area (Å²) in [5.41, 5.74) is 0. The van der Waals surface area contributed by atoms with E-state index < -0.39 is 24.7 Å². The van der Waals surface area contributed by atoms with Crippen molar-refractivity contribution in [3.8, 4) is 0 Å². The van der Waals surface area contributed by atoms with Crippen molar-refractivity contribution in [2.45, 2.75) is 57.8 Å². The van der Waals surface area contributed by atoms with E-state index in [1.807, 2.05) is 13.8 Å². The number of nitrogens with one attached hydrogen (secondary N) is 1. The van der Waals surface area contributed by atoms with Gasteiger partial charge in [0.15, 0.2) is 0 Å². The molecule has 1 fully saturated rings. The molecule has 1 aliphatic heterocycles. The van der Waals surface area contributed by atoms with Crippen molar-refractivity contribution in [2.75, 3.05) is 13.1 Å². The van der Waals surface area contributed by atoms with Gasteiger partial charge in [0.2, 0.25) is 5.91 Å². The number of hydrogen-bond acceptors (Lipinski definition) is 2. The second kappa shape index (κ2) is 6.41. The topological polar surface area (TPSA) is 32.3 Å². The van der Waals surface area contributed by atoms with Crippen molar-refractivity contribution >= 4 is 5.91 Å². The van der Waals surface area contributed by atoms with Crippen molar-refractivity contribution in [1.29, 1.82) is 0 Å². The average molecular weight is 266 g/mol. The summed E-state index contributed by atoms with van der Waals surface area (Å²) in [6, 6.07) is -0.769. The van der Waals surface area contributed by atoms with Crippen molar-refractivity contribution in [1.82, 2.24) is 10.2 Å². The lowest BCUT2D eigenvalue weighted by Gasteiger charge is -2.33. The molecule has 0 bridgehead atoms. The highest BCUT2D eigenvalue weighted by Crippen LogP contribution is 2.22. The Hall–Kier alpha value is -0.780. The Morgan fingerprint density at radius 3 is 2.39 bits per heavy atom. The molecular formula is C12H21F3N2O. The highest BCUT2D eigenvalue weighted by molar-refractivity contribution is 5.82. The third-order valence-corrected chi connectivity index (χ3v) is 3.37. The molecule has 1 unspecified atom stereocenters. The summed E-state index contributed by atoms with van der Waals surface area (Å²) in [6.45, 7) is 3.19. The van der Waals surface area contributed by atoms with E-state index in [0.29, 0.717) is 25.8 Å². The van der Waals surface area contributed by atoms with E-state index in [1.165, 1.54) is 0 Å². The molecular weight excluding hydrogens is 245 g/mol. The third kappa shape index (κ3) is 4.15. The van der Waals surface area contributed by atoms with Crippen LogP contribution in [-0.4, -0.2) is 42.2 Å². The van der Waals surface area contributed by atoms with E-state index in [-0.39, 0.29) is 6.04 Å². The van der Waals surface area contributed by atoms with Crippen LogP contribution in [0.4, 0.5) is 13.2 Å². The van der Waals surface area contributed by atoms with Crippen LogP contribution in [0.5, 0.6) is 0 Å². The maximum Gasteiger partial charge on any atom is 0.406 e. The number of carbonyl (C=O) groups is 1. The van der Waals surface area contributed by atoms with Gasteiger partial charge in [-0.25, -0.2) is 0 Å². The molecule has 106 valence electrons. The Morgan fingerprint density at radius 2 is 2.00 bits per heavy atom. The highest BCUT2D eigenvalue weighted by atomic mass is 19.4. The standard InChI is InChI=1S/C12H21F3N2O/c1-3-9(4-2)17(8-12(13,14)15)11(18)10-6-5-7-16-10/h9-10,16H,3-8H2,1-2H3. The Bertz CT molecular complexity index is 271. The summed E-state index contributed by atoms with van der Waals surface area (Å²) in [6.07, 6.45) is -1.76. The lowest BCUT2D eigenvalue weighted by Crippen LogP contribution is -2.51. The molecule has 0 aliphatic carbocycles. The minimum absolute atomic E-state index is 0.332. The van der Waals surface area contributed by atoms with Crippen LogP contribution in [-0.2, 0) is 4.79 Å². The van der Waals surface area contributed by atoms with Gasteiger partial charge in [-0.1, -0.05) is 13.8 Å². The smallest absolute Gasteiger partial charge is 0.329 e. The van der Waals surface area contributed by atoms with Gasteiger partial charge in [0, 0.05) is 6.04 Å². The maximum atomic E-state index is 12.6. The fourth-order valence-corrected chi connectivity index (χ4v) is 2.41. The number of rotatable bonds is 5.